The zero-order valence-electron chi connectivity index (χ0n) is 14.1. The highest BCUT2D eigenvalue weighted by Gasteiger charge is 2.12. The van der Waals surface area contributed by atoms with E-state index in [0.717, 1.165) is 10.8 Å². The van der Waals surface area contributed by atoms with E-state index < -0.39 is 5.97 Å². The topological polar surface area (TPSA) is 74.7 Å². The third-order valence-electron chi connectivity index (χ3n) is 3.88. The monoisotopic (exact) mass is 383 g/mol. The average Bonchev–Trinajstić information content (AvgIpc) is 3.38. The van der Waals surface area contributed by atoms with E-state index in [1.807, 2.05) is 24.3 Å². The average molecular weight is 384 g/mol. The molecule has 0 amide bonds. The van der Waals surface area contributed by atoms with Crippen LogP contribution in [0, 0.1) is 0 Å². The third kappa shape index (κ3) is 3.80. The minimum Gasteiger partial charge on any atom is -0.481 e. The Balaban J connectivity index is 1.35. The highest BCUT2D eigenvalue weighted by Crippen LogP contribution is 2.31. The van der Waals surface area contributed by atoms with Crippen LogP contribution in [0.2, 0.25) is 5.02 Å². The molecule has 136 valence electrons. The van der Waals surface area contributed by atoms with Gasteiger partial charge in [-0.1, -0.05) is 41.0 Å². The normalized spacial score (nSPS) is 10.9. The van der Waals surface area contributed by atoms with Crippen LogP contribution in [0.25, 0.3) is 22.3 Å². The molecule has 0 saturated carbocycles. The molecule has 7 heteroatoms. The van der Waals surface area contributed by atoms with Gasteiger partial charge in [-0.3, -0.25) is 0 Å². The van der Waals surface area contributed by atoms with Crippen molar-refractivity contribution in [3.63, 3.8) is 0 Å². The molecule has 0 fully saturated rings. The number of halogens is 1. The van der Waals surface area contributed by atoms with Crippen molar-refractivity contribution in [3.05, 3.63) is 71.6 Å². The lowest BCUT2D eigenvalue weighted by Crippen LogP contribution is -2.15. The summed E-state index contributed by atoms with van der Waals surface area (Å²) in [7, 11) is 0. The summed E-state index contributed by atoms with van der Waals surface area (Å²) in [5, 5.41) is 6.16. The fourth-order valence-electron chi connectivity index (χ4n) is 2.61. The van der Waals surface area contributed by atoms with Crippen LogP contribution < -0.4 is 4.74 Å². The minimum atomic E-state index is -0.517. The number of carbonyl (C=O) groups is 1. The third-order valence-corrected chi connectivity index (χ3v) is 4.21. The molecule has 4 rings (SSSR count). The van der Waals surface area contributed by atoms with Gasteiger partial charge in [-0.25, -0.2) is 4.79 Å². The van der Waals surface area contributed by atoms with Crippen LogP contribution in [-0.4, -0.2) is 17.7 Å². The molecule has 0 aliphatic rings. The second-order valence-corrected chi connectivity index (χ2v) is 6.11. The molecular formula is C20H14ClNO5. The quantitative estimate of drug-likeness (QED) is 0.442. The Hall–Kier alpha value is -3.25. The van der Waals surface area contributed by atoms with Gasteiger partial charge in [0.1, 0.15) is 18.1 Å². The van der Waals surface area contributed by atoms with E-state index in [9.17, 15) is 4.79 Å². The summed E-state index contributed by atoms with van der Waals surface area (Å²) in [6.07, 6.45) is 1.54. The van der Waals surface area contributed by atoms with Gasteiger partial charge in [-0.2, -0.15) is 0 Å². The van der Waals surface area contributed by atoms with Crippen LogP contribution >= 0.6 is 11.6 Å². The highest BCUT2D eigenvalue weighted by atomic mass is 35.5. The van der Waals surface area contributed by atoms with Crippen LogP contribution in [0.15, 0.2) is 69.8 Å². The van der Waals surface area contributed by atoms with Crippen molar-refractivity contribution >= 4 is 28.3 Å². The molecule has 2 heterocycles. The predicted octanol–water partition coefficient (Wildman–Crippen LogP) is 4.86. The first kappa shape index (κ1) is 17.2. The lowest BCUT2D eigenvalue weighted by Gasteiger charge is -2.10. The number of rotatable bonds is 6. The predicted molar refractivity (Wildman–Crippen MR) is 98.5 cm³/mol. The fourth-order valence-corrected chi connectivity index (χ4v) is 2.84. The Labute approximate surface area is 159 Å². The first-order valence-corrected chi connectivity index (χ1v) is 8.53. The molecular weight excluding hydrogens is 370 g/mol. The molecule has 0 spiro atoms. The van der Waals surface area contributed by atoms with E-state index in [4.69, 9.17) is 30.0 Å². The van der Waals surface area contributed by atoms with Crippen molar-refractivity contribution in [2.24, 2.45) is 0 Å². The first-order valence-electron chi connectivity index (χ1n) is 8.16. The van der Waals surface area contributed by atoms with Crippen molar-refractivity contribution in [2.45, 2.75) is 6.61 Å². The molecule has 0 atom stereocenters. The summed E-state index contributed by atoms with van der Waals surface area (Å²) < 4.78 is 21.1. The van der Waals surface area contributed by atoms with E-state index in [-0.39, 0.29) is 13.2 Å². The number of benzene rings is 2. The van der Waals surface area contributed by atoms with Crippen LogP contribution in [0.4, 0.5) is 0 Å². The standard InChI is InChI=1S/C20H14ClNO5/c21-16-7-8-17(15-5-2-1-4-14(15)16)25-12-20(23)26-11-13-10-19(27-22-13)18-6-3-9-24-18/h1-10H,11-12H2. The molecule has 27 heavy (non-hydrogen) atoms. The number of ether oxygens (including phenoxy) is 2. The maximum Gasteiger partial charge on any atom is 0.344 e. The number of nitrogens with zero attached hydrogens (tertiary/aromatic N) is 1. The molecule has 2 aromatic carbocycles. The van der Waals surface area contributed by atoms with Gasteiger partial charge in [-0.15, -0.1) is 0 Å². The summed E-state index contributed by atoms with van der Waals surface area (Å²) in [4.78, 5) is 12.0. The second-order valence-electron chi connectivity index (χ2n) is 5.70. The molecule has 0 N–H and O–H groups in total. The highest BCUT2D eigenvalue weighted by molar-refractivity contribution is 6.35. The number of fused-ring (bicyclic) bond motifs is 1. The van der Waals surface area contributed by atoms with E-state index in [0.29, 0.717) is 28.0 Å². The van der Waals surface area contributed by atoms with Gasteiger partial charge < -0.3 is 18.4 Å². The summed E-state index contributed by atoms with van der Waals surface area (Å²) in [6, 6.07) is 16.2. The fraction of sp³-hybridized carbons (Fsp3) is 0.100. The largest absolute Gasteiger partial charge is 0.481 e. The van der Waals surface area contributed by atoms with Gasteiger partial charge in [-0.05, 0) is 24.3 Å². The van der Waals surface area contributed by atoms with Crippen molar-refractivity contribution in [1.82, 2.24) is 5.16 Å². The zero-order chi connectivity index (χ0) is 18.6. The Bertz CT molecular complexity index is 1070. The lowest BCUT2D eigenvalue weighted by atomic mass is 10.1. The minimum absolute atomic E-state index is 0.0201. The SMILES string of the molecule is O=C(COc1ccc(Cl)c2ccccc12)OCc1cc(-c2ccco2)on1. The second kappa shape index (κ2) is 7.55. The Morgan fingerprint density at radius 2 is 1.89 bits per heavy atom. The Morgan fingerprint density at radius 3 is 2.70 bits per heavy atom. The summed E-state index contributed by atoms with van der Waals surface area (Å²) in [6.45, 7) is -0.248. The molecule has 0 aliphatic heterocycles. The van der Waals surface area contributed by atoms with Crippen molar-refractivity contribution in [1.29, 1.82) is 0 Å². The number of carbonyl (C=O) groups excluding carboxylic acids is 1. The zero-order valence-corrected chi connectivity index (χ0v) is 14.8. The van der Waals surface area contributed by atoms with Crippen molar-refractivity contribution < 1.29 is 23.2 Å². The first-order chi connectivity index (χ1) is 13.2. The molecule has 6 nitrogen and oxygen atoms in total. The van der Waals surface area contributed by atoms with Crippen molar-refractivity contribution in [3.8, 4) is 17.3 Å². The number of hydrogen-bond donors (Lipinski definition) is 0. The maximum absolute atomic E-state index is 12.0. The molecule has 2 aromatic heterocycles. The Kier molecular flexibility index (Phi) is 4.80. The van der Waals surface area contributed by atoms with Crippen LogP contribution in [0.3, 0.4) is 0 Å². The van der Waals surface area contributed by atoms with Gasteiger partial charge in [0.25, 0.3) is 0 Å². The van der Waals surface area contributed by atoms with Gasteiger partial charge in [0.2, 0.25) is 5.76 Å². The number of aromatic nitrogens is 1. The molecule has 0 aliphatic carbocycles. The smallest absolute Gasteiger partial charge is 0.344 e. The summed E-state index contributed by atoms with van der Waals surface area (Å²) in [5.41, 5.74) is 0.478. The van der Waals surface area contributed by atoms with Crippen LogP contribution in [0.5, 0.6) is 5.75 Å². The molecule has 0 bridgehead atoms. The van der Waals surface area contributed by atoms with Crippen molar-refractivity contribution in [2.75, 3.05) is 6.61 Å². The van der Waals surface area contributed by atoms with Gasteiger partial charge in [0, 0.05) is 21.9 Å². The van der Waals surface area contributed by atoms with E-state index in [1.165, 1.54) is 6.26 Å². The molecule has 0 unspecified atom stereocenters. The Morgan fingerprint density at radius 1 is 1.04 bits per heavy atom. The summed E-state index contributed by atoms with van der Waals surface area (Å²) in [5.74, 6) is 1.07. The molecule has 4 aromatic rings. The van der Waals surface area contributed by atoms with Crippen LogP contribution in [-0.2, 0) is 16.1 Å². The van der Waals surface area contributed by atoms with E-state index >= 15 is 0 Å². The number of esters is 1. The van der Waals surface area contributed by atoms with Crippen LogP contribution in [0.1, 0.15) is 5.69 Å². The maximum atomic E-state index is 12.0. The summed E-state index contributed by atoms with van der Waals surface area (Å²) >= 11 is 6.18. The van der Waals surface area contributed by atoms with E-state index in [2.05, 4.69) is 5.16 Å². The molecule has 0 saturated heterocycles. The van der Waals surface area contributed by atoms with Gasteiger partial charge in [0.05, 0.1) is 6.26 Å². The lowest BCUT2D eigenvalue weighted by molar-refractivity contribution is -0.147. The van der Waals surface area contributed by atoms with E-state index in [1.54, 1.807) is 30.3 Å². The van der Waals surface area contributed by atoms with Gasteiger partial charge in [0.15, 0.2) is 12.4 Å². The van der Waals surface area contributed by atoms with Gasteiger partial charge >= 0.3 is 5.97 Å². The number of hydrogen-bond acceptors (Lipinski definition) is 6. The number of furan rings is 1. The molecule has 0 radical (unpaired) electrons.